The average Bonchev–Trinajstić information content (AvgIpc) is 3.69. The lowest BCUT2D eigenvalue weighted by Gasteiger charge is -2.18. The van der Waals surface area contributed by atoms with Gasteiger partial charge < -0.3 is 4.42 Å². The summed E-state index contributed by atoms with van der Waals surface area (Å²) in [4.78, 5) is 0. The third kappa shape index (κ3) is 4.47. The Bertz CT molecular complexity index is 3750. The van der Waals surface area contributed by atoms with Crippen LogP contribution in [0.2, 0.25) is 0 Å². The predicted molar refractivity (Wildman–Crippen MR) is 208 cm³/mol. The van der Waals surface area contributed by atoms with Gasteiger partial charge >= 0.3 is 0 Å². The molecular formula is C48H30O. The van der Waals surface area contributed by atoms with Crippen LogP contribution in [0.3, 0.4) is 0 Å². The third-order valence-corrected chi connectivity index (χ3v) is 8.85. The molecule has 0 saturated carbocycles. The van der Waals surface area contributed by atoms with Crippen molar-refractivity contribution in [1.82, 2.24) is 0 Å². The first-order valence-corrected chi connectivity index (χ1v) is 15.5. The SMILES string of the molecule is [2H]c1c([2H])c([2H])c(-c2c3c([2H])c([2H])c([2H])c([2H])c3c(-c3c([2H])c([2H])c([2H])c(-c4ccc5c(c4)oc4c(-c6ccc7ccccc7c6)cccc45)c3[2H])c3c([2H])c([2H])c([2H])c([2H])c23)c([2H])c1[2H]. The molecule has 1 nitrogen and oxygen atoms in total. The quantitative estimate of drug-likeness (QED) is 0.175. The van der Waals surface area contributed by atoms with E-state index in [1.54, 1.807) is 18.2 Å². The molecule has 0 N–H and O–H groups in total. The minimum atomic E-state index is -0.823. The van der Waals surface area contributed by atoms with E-state index in [2.05, 4.69) is 6.07 Å². The van der Waals surface area contributed by atoms with Gasteiger partial charge in [-0.15, -0.1) is 0 Å². The summed E-state index contributed by atoms with van der Waals surface area (Å²) in [7, 11) is 0. The normalized spacial score (nSPS) is 16.5. The molecule has 1 heteroatoms. The summed E-state index contributed by atoms with van der Waals surface area (Å²) < 4.78 is 159. The van der Waals surface area contributed by atoms with Crippen molar-refractivity contribution in [2.75, 3.05) is 0 Å². The maximum atomic E-state index is 9.82. The summed E-state index contributed by atoms with van der Waals surface area (Å²) in [5.41, 5.74) is 0.557. The van der Waals surface area contributed by atoms with Gasteiger partial charge in [-0.25, -0.2) is 0 Å². The highest BCUT2D eigenvalue weighted by Crippen LogP contribution is 2.44. The predicted octanol–water partition coefficient (Wildman–Crippen LogP) is 13.7. The second-order valence-electron chi connectivity index (χ2n) is 11.6. The molecule has 9 aromatic carbocycles. The summed E-state index contributed by atoms with van der Waals surface area (Å²) in [6, 6.07) is 11.6. The lowest BCUT2D eigenvalue weighted by Crippen LogP contribution is -1.91. The fraction of sp³-hybridized carbons (Fsp3) is 0. The minimum Gasteiger partial charge on any atom is -0.455 e. The third-order valence-electron chi connectivity index (χ3n) is 8.85. The van der Waals surface area contributed by atoms with Crippen molar-refractivity contribution in [1.29, 1.82) is 0 Å². The van der Waals surface area contributed by atoms with E-state index in [1.165, 1.54) is 0 Å². The Balaban J connectivity index is 1.33. The lowest BCUT2D eigenvalue weighted by atomic mass is 9.85. The Morgan fingerprint density at radius 1 is 0.388 bits per heavy atom. The topological polar surface area (TPSA) is 13.1 Å². The Hall–Kier alpha value is -6.44. The van der Waals surface area contributed by atoms with Crippen LogP contribution in [0.1, 0.15) is 23.3 Å². The molecule has 0 aliphatic heterocycles. The molecular weight excluding hydrogens is 593 g/mol. The molecule has 0 saturated heterocycles. The Kier molecular flexibility index (Phi) is 3.54. The van der Waals surface area contributed by atoms with E-state index < -0.39 is 147 Å². The fourth-order valence-electron chi connectivity index (χ4n) is 6.65. The fourth-order valence-corrected chi connectivity index (χ4v) is 6.65. The maximum absolute atomic E-state index is 9.82. The Morgan fingerprint density at radius 2 is 1.02 bits per heavy atom. The van der Waals surface area contributed by atoms with Crippen LogP contribution in [0.4, 0.5) is 0 Å². The van der Waals surface area contributed by atoms with Crippen molar-refractivity contribution in [3.05, 3.63) is 182 Å². The second-order valence-corrected chi connectivity index (χ2v) is 11.6. The number of hydrogen-bond acceptors (Lipinski definition) is 1. The van der Waals surface area contributed by atoms with Crippen molar-refractivity contribution < 1.29 is 27.7 Å². The van der Waals surface area contributed by atoms with E-state index in [4.69, 9.17) is 19.5 Å². The van der Waals surface area contributed by atoms with Crippen LogP contribution >= 0.6 is 0 Å². The summed E-state index contributed by atoms with van der Waals surface area (Å²) in [6.07, 6.45) is 0. The van der Waals surface area contributed by atoms with E-state index in [-0.39, 0.29) is 11.1 Å². The number of hydrogen-bond donors (Lipinski definition) is 0. The van der Waals surface area contributed by atoms with Gasteiger partial charge in [0.05, 0.1) is 23.3 Å². The summed E-state index contributed by atoms with van der Waals surface area (Å²) in [5.74, 6) is 0. The van der Waals surface area contributed by atoms with Gasteiger partial charge in [-0.05, 0) is 95.5 Å². The van der Waals surface area contributed by atoms with Crippen molar-refractivity contribution in [3.63, 3.8) is 0 Å². The first-order chi connectivity index (χ1) is 31.4. The monoisotopic (exact) mass is 639 g/mol. The zero-order valence-corrected chi connectivity index (χ0v) is 25.4. The molecule has 1 heterocycles. The van der Waals surface area contributed by atoms with Gasteiger partial charge in [0, 0.05) is 16.3 Å². The van der Waals surface area contributed by atoms with Crippen LogP contribution in [0.25, 0.3) is 98.8 Å². The molecule has 0 radical (unpaired) electrons. The van der Waals surface area contributed by atoms with Gasteiger partial charge in [-0.1, -0.05) is 157 Å². The van der Waals surface area contributed by atoms with Crippen molar-refractivity contribution in [3.8, 4) is 44.5 Å². The maximum Gasteiger partial charge on any atom is 0.143 e. The highest BCUT2D eigenvalue weighted by atomic mass is 16.3. The van der Waals surface area contributed by atoms with Crippen LogP contribution < -0.4 is 0 Å². The average molecular weight is 640 g/mol. The zero-order valence-electron chi connectivity index (χ0n) is 42.4. The summed E-state index contributed by atoms with van der Waals surface area (Å²) in [6.45, 7) is 0. The van der Waals surface area contributed by atoms with Gasteiger partial charge in [0.2, 0.25) is 0 Å². The second kappa shape index (κ2) is 11.1. The number of para-hydroxylation sites is 1. The van der Waals surface area contributed by atoms with Crippen LogP contribution in [0.5, 0.6) is 0 Å². The largest absolute Gasteiger partial charge is 0.455 e. The molecule has 0 aliphatic rings. The van der Waals surface area contributed by atoms with Gasteiger partial charge in [-0.3, -0.25) is 0 Å². The zero-order chi connectivity index (χ0) is 47.1. The van der Waals surface area contributed by atoms with E-state index in [9.17, 15) is 8.22 Å². The molecule has 10 rings (SSSR count). The summed E-state index contributed by atoms with van der Waals surface area (Å²) in [5, 5.41) is 1.55. The number of benzene rings is 9. The van der Waals surface area contributed by atoms with E-state index in [0.717, 1.165) is 27.3 Å². The van der Waals surface area contributed by atoms with Gasteiger partial charge in [0.15, 0.2) is 0 Å². The molecule has 10 aromatic rings. The molecule has 0 atom stereocenters. The van der Waals surface area contributed by atoms with E-state index in [0.29, 0.717) is 16.6 Å². The molecule has 0 unspecified atom stereocenters. The van der Waals surface area contributed by atoms with Crippen LogP contribution in [-0.2, 0) is 0 Å². The van der Waals surface area contributed by atoms with Crippen LogP contribution in [0, 0.1) is 0 Å². The molecule has 0 aliphatic carbocycles. The van der Waals surface area contributed by atoms with Crippen molar-refractivity contribution >= 4 is 54.3 Å². The molecule has 1 aromatic heterocycles. The molecule has 49 heavy (non-hydrogen) atoms. The number of furan rings is 1. The molecule has 0 fully saturated rings. The van der Waals surface area contributed by atoms with Crippen LogP contribution in [0.15, 0.2) is 186 Å². The van der Waals surface area contributed by atoms with Crippen molar-refractivity contribution in [2.24, 2.45) is 0 Å². The first-order valence-electron chi connectivity index (χ1n) is 24.0. The van der Waals surface area contributed by atoms with Crippen LogP contribution in [-0.4, -0.2) is 0 Å². The summed E-state index contributed by atoms with van der Waals surface area (Å²) >= 11 is 0. The smallest absolute Gasteiger partial charge is 0.143 e. The molecule has 228 valence electrons. The molecule has 0 bridgehead atoms. The molecule has 0 spiro atoms. The highest BCUT2D eigenvalue weighted by Gasteiger charge is 2.18. The highest BCUT2D eigenvalue weighted by molar-refractivity contribution is 6.21. The Labute approximate surface area is 308 Å². The number of fused-ring (bicyclic) bond motifs is 6. The van der Waals surface area contributed by atoms with Crippen molar-refractivity contribution in [2.45, 2.75) is 0 Å². The van der Waals surface area contributed by atoms with E-state index in [1.807, 2.05) is 54.6 Å². The van der Waals surface area contributed by atoms with Gasteiger partial charge in [0.1, 0.15) is 11.2 Å². The van der Waals surface area contributed by atoms with Gasteiger partial charge in [0.25, 0.3) is 0 Å². The van der Waals surface area contributed by atoms with Gasteiger partial charge in [-0.2, -0.15) is 0 Å². The lowest BCUT2D eigenvalue weighted by molar-refractivity contribution is 0.670. The number of rotatable bonds is 4. The van der Waals surface area contributed by atoms with E-state index >= 15 is 0 Å². The molecule has 0 amide bonds. The first kappa shape index (κ1) is 15.6. The Morgan fingerprint density at radius 3 is 1.78 bits per heavy atom. The standard InChI is InChI=1S/C48H30O/c1-2-13-32(14-3-1)46-40-18-6-8-20-42(40)47(43-21-9-7-19-41(43)46)37-17-10-16-34(29-37)35-26-27-39-44-23-11-22-38(48(44)49-45(39)30-35)36-25-24-31-12-4-5-15-33(31)28-36/h1-30H/i1D,2D,3D,6D,7D,8D,9D,10D,13D,14D,16D,17D,18D,19D,20D,21D,29D. The minimum absolute atomic E-state index is 0.194.